The Labute approximate surface area is 76.2 Å². The molecule has 1 heterocycles. The molecule has 0 aliphatic rings. The molecular weight excluding hydrogens is 205 g/mol. The summed E-state index contributed by atoms with van der Waals surface area (Å²) >= 11 is 0. The smallest absolute Gasteiger partial charge is 0.422 e. The van der Waals surface area contributed by atoms with Crippen LogP contribution in [0.2, 0.25) is 0 Å². The minimum atomic E-state index is -4.70. The largest absolute Gasteiger partial charge is 0.511 e. The zero-order valence-corrected chi connectivity index (χ0v) is 6.59. The highest BCUT2D eigenvalue weighted by atomic mass is 19.4. The van der Waals surface area contributed by atoms with E-state index in [9.17, 15) is 17.6 Å². The van der Waals surface area contributed by atoms with Crippen molar-refractivity contribution in [3.05, 3.63) is 23.6 Å². The number of hydrogen-bond donors (Lipinski definition) is 2. The molecule has 0 fully saturated rings. The minimum absolute atomic E-state index is 0.155. The first-order valence-corrected chi connectivity index (χ1v) is 3.41. The van der Waals surface area contributed by atoms with Gasteiger partial charge >= 0.3 is 13.3 Å². The van der Waals surface area contributed by atoms with Crippen molar-refractivity contribution in [2.24, 2.45) is 0 Å². The zero-order chi connectivity index (χ0) is 10.9. The summed E-state index contributed by atoms with van der Waals surface area (Å²) in [7, 11) is -2.22. The van der Waals surface area contributed by atoms with Crippen molar-refractivity contribution in [2.75, 3.05) is 0 Å². The molecule has 1 aromatic rings. The topological polar surface area (TPSA) is 53.4 Å². The number of aromatic nitrogens is 1. The molecule has 0 atom stereocenters. The summed E-state index contributed by atoms with van der Waals surface area (Å²) in [6.45, 7) is 0. The van der Waals surface area contributed by atoms with Gasteiger partial charge in [0.25, 0.3) is 0 Å². The molecule has 8 heteroatoms. The minimum Gasteiger partial charge on any atom is -0.422 e. The van der Waals surface area contributed by atoms with Gasteiger partial charge in [-0.15, -0.1) is 0 Å². The first-order chi connectivity index (χ1) is 6.32. The SMILES string of the molecule is OB(O)c1ncc(C(F)(F)F)cc1F. The number of alkyl halides is 3. The molecule has 0 aromatic carbocycles. The van der Waals surface area contributed by atoms with Crippen molar-refractivity contribution in [2.45, 2.75) is 6.18 Å². The van der Waals surface area contributed by atoms with E-state index >= 15 is 0 Å². The van der Waals surface area contributed by atoms with Crippen molar-refractivity contribution < 1.29 is 27.6 Å². The molecule has 14 heavy (non-hydrogen) atoms. The summed E-state index contributed by atoms with van der Waals surface area (Å²) in [6, 6.07) is 0.155. The molecule has 0 aliphatic heterocycles. The van der Waals surface area contributed by atoms with E-state index in [2.05, 4.69) is 4.98 Å². The zero-order valence-electron chi connectivity index (χ0n) is 6.59. The fourth-order valence-electron chi connectivity index (χ4n) is 0.794. The average Bonchev–Trinajstić information content (AvgIpc) is 2.01. The van der Waals surface area contributed by atoms with Crippen LogP contribution in [-0.4, -0.2) is 22.2 Å². The molecule has 2 N–H and O–H groups in total. The number of halogens is 4. The summed E-state index contributed by atoms with van der Waals surface area (Å²) in [5.41, 5.74) is -2.11. The average molecular weight is 209 g/mol. The van der Waals surface area contributed by atoms with E-state index in [0.29, 0.717) is 6.20 Å². The van der Waals surface area contributed by atoms with Crippen LogP contribution in [0.25, 0.3) is 0 Å². The van der Waals surface area contributed by atoms with Gasteiger partial charge in [-0.05, 0) is 6.07 Å². The normalized spacial score (nSPS) is 11.6. The van der Waals surface area contributed by atoms with Gasteiger partial charge < -0.3 is 10.0 Å². The molecular formula is C6H4BF4NO2. The number of pyridine rings is 1. The standard InChI is InChI=1S/C6H4BF4NO2/c8-4-1-3(6(9,10)11)2-12-5(4)7(13)14/h1-2,13-14H. The molecule has 3 nitrogen and oxygen atoms in total. The van der Waals surface area contributed by atoms with Crippen LogP contribution < -0.4 is 5.59 Å². The second kappa shape index (κ2) is 3.54. The Hall–Kier alpha value is -1.15. The Balaban J connectivity index is 3.13. The van der Waals surface area contributed by atoms with Gasteiger partial charge in [-0.2, -0.15) is 13.2 Å². The van der Waals surface area contributed by atoms with E-state index in [1.54, 1.807) is 0 Å². The number of hydrogen-bond acceptors (Lipinski definition) is 3. The summed E-state index contributed by atoms with van der Waals surface area (Å²) in [5, 5.41) is 16.9. The molecule has 0 radical (unpaired) electrons. The van der Waals surface area contributed by atoms with E-state index in [1.165, 1.54) is 0 Å². The third-order valence-corrected chi connectivity index (χ3v) is 1.44. The maximum absolute atomic E-state index is 12.7. The fourth-order valence-corrected chi connectivity index (χ4v) is 0.794. The van der Waals surface area contributed by atoms with Crippen molar-refractivity contribution in [1.29, 1.82) is 0 Å². The van der Waals surface area contributed by atoms with Gasteiger partial charge in [0, 0.05) is 6.20 Å². The summed E-state index contributed by atoms with van der Waals surface area (Å²) < 4.78 is 48.7. The molecule has 1 rings (SSSR count). The lowest BCUT2D eigenvalue weighted by molar-refractivity contribution is -0.138. The van der Waals surface area contributed by atoms with Gasteiger partial charge in [-0.3, -0.25) is 4.98 Å². The third-order valence-electron chi connectivity index (χ3n) is 1.44. The maximum Gasteiger partial charge on any atom is 0.511 e. The van der Waals surface area contributed by atoms with Crippen LogP contribution in [0.1, 0.15) is 5.56 Å². The van der Waals surface area contributed by atoms with Gasteiger partial charge in [0.2, 0.25) is 0 Å². The fraction of sp³-hybridized carbons (Fsp3) is 0.167. The molecule has 1 aromatic heterocycles. The van der Waals surface area contributed by atoms with E-state index < -0.39 is 30.3 Å². The second-order valence-corrected chi connectivity index (χ2v) is 2.46. The summed E-state index contributed by atoms with van der Waals surface area (Å²) in [6.07, 6.45) is -4.37. The van der Waals surface area contributed by atoms with E-state index in [0.717, 1.165) is 0 Å². The van der Waals surface area contributed by atoms with Crippen LogP contribution in [0, 0.1) is 5.82 Å². The second-order valence-electron chi connectivity index (χ2n) is 2.46. The molecule has 0 aliphatic carbocycles. The van der Waals surface area contributed by atoms with Crippen molar-refractivity contribution >= 4 is 12.7 Å². The number of nitrogens with zero attached hydrogens (tertiary/aromatic N) is 1. The predicted octanol–water partition coefficient (Wildman–Crippen LogP) is -0.0807. The van der Waals surface area contributed by atoms with Crippen molar-refractivity contribution in [3.8, 4) is 0 Å². The first-order valence-electron chi connectivity index (χ1n) is 3.41. The van der Waals surface area contributed by atoms with Gasteiger partial charge in [-0.25, -0.2) is 4.39 Å². The van der Waals surface area contributed by atoms with Gasteiger partial charge in [0.15, 0.2) is 0 Å². The van der Waals surface area contributed by atoms with Gasteiger partial charge in [0.05, 0.1) is 5.56 Å². The quantitative estimate of drug-likeness (QED) is 0.502. The maximum atomic E-state index is 12.7. The highest BCUT2D eigenvalue weighted by molar-refractivity contribution is 6.57. The van der Waals surface area contributed by atoms with Crippen molar-refractivity contribution in [3.63, 3.8) is 0 Å². The molecule has 0 spiro atoms. The molecule has 0 saturated carbocycles. The first kappa shape index (κ1) is 10.9. The summed E-state index contributed by atoms with van der Waals surface area (Å²) in [5.74, 6) is -1.41. The highest BCUT2D eigenvalue weighted by Crippen LogP contribution is 2.28. The monoisotopic (exact) mass is 209 g/mol. The Kier molecular flexibility index (Phi) is 2.77. The molecule has 0 amide bonds. The highest BCUT2D eigenvalue weighted by Gasteiger charge is 2.32. The van der Waals surface area contributed by atoms with Crippen LogP contribution in [0.5, 0.6) is 0 Å². The van der Waals surface area contributed by atoms with E-state index in [4.69, 9.17) is 10.0 Å². The summed E-state index contributed by atoms with van der Waals surface area (Å²) in [4.78, 5) is 2.95. The molecule has 0 bridgehead atoms. The lowest BCUT2D eigenvalue weighted by Crippen LogP contribution is -2.36. The van der Waals surface area contributed by atoms with Gasteiger partial charge in [0.1, 0.15) is 11.4 Å². The lowest BCUT2D eigenvalue weighted by atomic mass is 9.85. The Morgan fingerprint density at radius 3 is 2.21 bits per heavy atom. The van der Waals surface area contributed by atoms with E-state index in [1.807, 2.05) is 0 Å². The van der Waals surface area contributed by atoms with Crippen LogP contribution in [-0.2, 0) is 6.18 Å². The van der Waals surface area contributed by atoms with Crippen LogP contribution in [0.4, 0.5) is 17.6 Å². The Bertz CT molecular complexity index is 341. The van der Waals surface area contributed by atoms with Crippen LogP contribution >= 0.6 is 0 Å². The predicted molar refractivity (Wildman–Crippen MR) is 39.0 cm³/mol. The molecule has 0 unspecified atom stereocenters. The molecule has 76 valence electrons. The van der Waals surface area contributed by atoms with Crippen LogP contribution in [0.3, 0.4) is 0 Å². The Morgan fingerprint density at radius 1 is 1.29 bits per heavy atom. The Morgan fingerprint density at radius 2 is 1.86 bits per heavy atom. The number of rotatable bonds is 1. The van der Waals surface area contributed by atoms with Crippen LogP contribution in [0.15, 0.2) is 12.3 Å². The van der Waals surface area contributed by atoms with Crippen molar-refractivity contribution in [1.82, 2.24) is 4.98 Å². The van der Waals surface area contributed by atoms with Gasteiger partial charge in [-0.1, -0.05) is 0 Å². The molecule has 0 saturated heterocycles. The third kappa shape index (κ3) is 2.21. The van der Waals surface area contributed by atoms with E-state index in [-0.39, 0.29) is 6.07 Å². The lowest BCUT2D eigenvalue weighted by Gasteiger charge is -2.07.